The fraction of sp³-hybridized carbons (Fsp3) is 0.0952. The molecule has 4 rings (SSSR count). The molecule has 0 aliphatic rings. The van der Waals surface area contributed by atoms with E-state index >= 15 is 0 Å². The van der Waals surface area contributed by atoms with Crippen molar-refractivity contribution in [3.63, 3.8) is 0 Å². The lowest BCUT2D eigenvalue weighted by molar-refractivity contribution is 0.415. The Kier molecular flexibility index (Phi) is 4.63. The molecule has 0 aliphatic carbocycles. The van der Waals surface area contributed by atoms with Crippen molar-refractivity contribution in [2.24, 2.45) is 0 Å². The molecule has 7 heteroatoms. The quantitative estimate of drug-likeness (QED) is 0.552. The number of methoxy groups -OCH3 is 2. The van der Waals surface area contributed by atoms with Gasteiger partial charge < -0.3 is 20.2 Å². The number of aromatic nitrogens is 4. The molecule has 0 radical (unpaired) electrons. The van der Waals surface area contributed by atoms with Crippen molar-refractivity contribution in [1.29, 1.82) is 0 Å². The monoisotopic (exact) mass is 373 g/mol. The first-order valence-corrected chi connectivity index (χ1v) is 8.64. The molecule has 3 N–H and O–H groups in total. The first kappa shape index (κ1) is 17.5. The smallest absolute Gasteiger partial charge is 0.166 e. The largest absolute Gasteiger partial charge is 0.497 e. The highest BCUT2D eigenvalue weighted by atomic mass is 16.5. The predicted molar refractivity (Wildman–Crippen MR) is 108 cm³/mol. The molecule has 3 heterocycles. The number of anilines is 1. The van der Waals surface area contributed by atoms with E-state index in [1.807, 2.05) is 42.5 Å². The third kappa shape index (κ3) is 3.25. The number of hydrogen-bond donors (Lipinski definition) is 2. The van der Waals surface area contributed by atoms with Crippen LogP contribution in [0.4, 0.5) is 5.82 Å². The summed E-state index contributed by atoms with van der Waals surface area (Å²) in [4.78, 5) is 16.6. The van der Waals surface area contributed by atoms with E-state index in [1.165, 1.54) is 0 Å². The van der Waals surface area contributed by atoms with Crippen molar-refractivity contribution in [3.05, 3.63) is 61.1 Å². The number of nitrogen functional groups attached to an aromatic ring is 1. The second-order valence-corrected chi connectivity index (χ2v) is 6.08. The standard InChI is InChI=1S/C21H19N5O2/c1-27-16-5-3-14(4-6-16)21-25-18(13-7-9-23-10-8-13)19(26-21)15-11-17(28-2)20(22)24-12-15/h3-12H,1-2H3,(H2,22,24)(H,25,26). The molecule has 0 fully saturated rings. The molecule has 1 aromatic carbocycles. The van der Waals surface area contributed by atoms with Gasteiger partial charge in [-0.05, 0) is 42.5 Å². The van der Waals surface area contributed by atoms with Gasteiger partial charge in [0, 0.05) is 35.3 Å². The molecular weight excluding hydrogens is 354 g/mol. The molecule has 0 saturated heterocycles. The Balaban J connectivity index is 1.87. The van der Waals surface area contributed by atoms with E-state index in [9.17, 15) is 0 Å². The number of nitrogens with one attached hydrogen (secondary N) is 1. The van der Waals surface area contributed by atoms with Gasteiger partial charge in [0.25, 0.3) is 0 Å². The van der Waals surface area contributed by atoms with Crippen LogP contribution in [0.25, 0.3) is 33.9 Å². The summed E-state index contributed by atoms with van der Waals surface area (Å²) in [6.07, 6.45) is 5.18. The lowest BCUT2D eigenvalue weighted by Crippen LogP contribution is -1.96. The molecule has 3 aromatic heterocycles. The lowest BCUT2D eigenvalue weighted by atomic mass is 10.1. The van der Waals surface area contributed by atoms with Crippen LogP contribution >= 0.6 is 0 Å². The molecule has 140 valence electrons. The van der Waals surface area contributed by atoms with E-state index in [1.54, 1.807) is 32.8 Å². The molecule has 28 heavy (non-hydrogen) atoms. The third-order valence-electron chi connectivity index (χ3n) is 4.41. The predicted octanol–water partition coefficient (Wildman–Crippen LogP) is 3.80. The molecular formula is C21H19N5O2. The Morgan fingerprint density at radius 1 is 0.893 bits per heavy atom. The van der Waals surface area contributed by atoms with Crippen molar-refractivity contribution >= 4 is 5.82 Å². The van der Waals surface area contributed by atoms with Crippen LogP contribution in [0.1, 0.15) is 0 Å². The summed E-state index contributed by atoms with van der Waals surface area (Å²) in [5, 5.41) is 0. The number of rotatable bonds is 5. The highest BCUT2D eigenvalue weighted by Gasteiger charge is 2.17. The van der Waals surface area contributed by atoms with Gasteiger partial charge in [-0.1, -0.05) is 0 Å². The van der Waals surface area contributed by atoms with Gasteiger partial charge in [-0.15, -0.1) is 0 Å². The normalized spacial score (nSPS) is 10.6. The van der Waals surface area contributed by atoms with Gasteiger partial charge in [0.1, 0.15) is 11.6 Å². The average molecular weight is 373 g/mol. The second-order valence-electron chi connectivity index (χ2n) is 6.08. The van der Waals surface area contributed by atoms with Crippen molar-refractivity contribution in [1.82, 2.24) is 19.9 Å². The van der Waals surface area contributed by atoms with E-state index in [2.05, 4.69) is 15.0 Å². The van der Waals surface area contributed by atoms with Crippen LogP contribution in [-0.2, 0) is 0 Å². The summed E-state index contributed by atoms with van der Waals surface area (Å²) in [7, 11) is 3.21. The minimum absolute atomic E-state index is 0.336. The Labute approximate surface area is 162 Å². The molecule has 0 atom stereocenters. The van der Waals surface area contributed by atoms with Crippen molar-refractivity contribution in [2.75, 3.05) is 20.0 Å². The number of nitrogens with zero attached hydrogens (tertiary/aromatic N) is 3. The highest BCUT2D eigenvalue weighted by Crippen LogP contribution is 2.35. The lowest BCUT2D eigenvalue weighted by Gasteiger charge is -2.07. The van der Waals surface area contributed by atoms with Crippen LogP contribution in [0.3, 0.4) is 0 Å². The first-order valence-electron chi connectivity index (χ1n) is 8.64. The summed E-state index contributed by atoms with van der Waals surface area (Å²) < 4.78 is 10.6. The maximum Gasteiger partial charge on any atom is 0.166 e. The zero-order chi connectivity index (χ0) is 19.5. The number of imidazole rings is 1. The van der Waals surface area contributed by atoms with Crippen molar-refractivity contribution in [2.45, 2.75) is 0 Å². The number of pyridine rings is 2. The SMILES string of the molecule is COc1ccc(-c2nc(-c3cnc(N)c(OC)c3)c(-c3ccncc3)[nH]2)cc1. The summed E-state index contributed by atoms with van der Waals surface area (Å²) >= 11 is 0. The number of H-pyrrole nitrogens is 1. The Morgan fingerprint density at radius 2 is 1.64 bits per heavy atom. The van der Waals surface area contributed by atoms with Gasteiger partial charge in [0.2, 0.25) is 0 Å². The second kappa shape index (κ2) is 7.40. The molecule has 0 bridgehead atoms. The fourth-order valence-corrected chi connectivity index (χ4v) is 2.94. The Bertz CT molecular complexity index is 1090. The first-order chi connectivity index (χ1) is 13.7. The summed E-state index contributed by atoms with van der Waals surface area (Å²) in [6.45, 7) is 0. The van der Waals surface area contributed by atoms with Crippen LogP contribution in [0.2, 0.25) is 0 Å². The van der Waals surface area contributed by atoms with Gasteiger partial charge in [-0.3, -0.25) is 4.98 Å². The van der Waals surface area contributed by atoms with Gasteiger partial charge in [0.05, 0.1) is 25.6 Å². The summed E-state index contributed by atoms with van der Waals surface area (Å²) in [5.41, 5.74) is 10.2. The molecule has 7 nitrogen and oxygen atoms in total. The number of nitrogens with two attached hydrogens (primary N) is 1. The van der Waals surface area contributed by atoms with Crippen molar-refractivity contribution < 1.29 is 9.47 Å². The van der Waals surface area contributed by atoms with Gasteiger partial charge in [-0.25, -0.2) is 9.97 Å². The van der Waals surface area contributed by atoms with E-state index in [0.29, 0.717) is 11.6 Å². The molecule has 0 spiro atoms. The Hall–Kier alpha value is -3.87. The van der Waals surface area contributed by atoms with Crippen LogP contribution in [-0.4, -0.2) is 34.2 Å². The molecule has 0 amide bonds. The van der Waals surface area contributed by atoms with E-state index in [4.69, 9.17) is 20.2 Å². The van der Waals surface area contributed by atoms with E-state index < -0.39 is 0 Å². The number of aromatic amines is 1. The third-order valence-corrected chi connectivity index (χ3v) is 4.41. The highest BCUT2D eigenvalue weighted by molar-refractivity contribution is 5.81. The Morgan fingerprint density at radius 3 is 2.32 bits per heavy atom. The maximum atomic E-state index is 5.87. The zero-order valence-corrected chi connectivity index (χ0v) is 15.5. The van der Waals surface area contributed by atoms with Crippen LogP contribution in [0.15, 0.2) is 61.1 Å². The molecule has 0 unspecified atom stereocenters. The van der Waals surface area contributed by atoms with Gasteiger partial charge in [-0.2, -0.15) is 0 Å². The summed E-state index contributed by atoms with van der Waals surface area (Å²) in [5.74, 6) is 2.37. The van der Waals surface area contributed by atoms with Crippen LogP contribution in [0, 0.1) is 0 Å². The topological polar surface area (TPSA) is 98.9 Å². The van der Waals surface area contributed by atoms with E-state index in [0.717, 1.165) is 39.7 Å². The summed E-state index contributed by atoms with van der Waals surface area (Å²) in [6, 6.07) is 13.4. The fourth-order valence-electron chi connectivity index (χ4n) is 2.94. The zero-order valence-electron chi connectivity index (χ0n) is 15.5. The minimum atomic E-state index is 0.336. The van der Waals surface area contributed by atoms with Crippen molar-refractivity contribution in [3.8, 4) is 45.4 Å². The maximum absolute atomic E-state index is 5.87. The van der Waals surface area contributed by atoms with Crippen LogP contribution < -0.4 is 15.2 Å². The minimum Gasteiger partial charge on any atom is -0.497 e. The van der Waals surface area contributed by atoms with E-state index in [-0.39, 0.29) is 0 Å². The number of hydrogen-bond acceptors (Lipinski definition) is 6. The number of ether oxygens (including phenoxy) is 2. The average Bonchev–Trinajstić information content (AvgIpc) is 3.20. The molecule has 4 aromatic rings. The van der Waals surface area contributed by atoms with Gasteiger partial charge in [0.15, 0.2) is 11.6 Å². The number of benzene rings is 1. The van der Waals surface area contributed by atoms with Crippen LogP contribution in [0.5, 0.6) is 11.5 Å². The van der Waals surface area contributed by atoms with Gasteiger partial charge >= 0.3 is 0 Å². The molecule has 0 saturated carbocycles. The molecule has 0 aliphatic heterocycles.